The zero-order chi connectivity index (χ0) is 22.1. The Morgan fingerprint density at radius 3 is 2.66 bits per heavy atom. The number of ether oxygens (including phenoxy) is 2. The lowest BCUT2D eigenvalue weighted by atomic mass is 9.84. The number of hydrogen-bond acceptors (Lipinski definition) is 4. The average molecular weight is 439 g/mol. The molecule has 3 aliphatic heterocycles. The van der Waals surface area contributed by atoms with Gasteiger partial charge in [0.25, 0.3) is 0 Å². The topological polar surface area (TPSA) is 42.0 Å². The number of halogens is 1. The van der Waals surface area contributed by atoms with Crippen molar-refractivity contribution in [2.24, 2.45) is 5.92 Å². The van der Waals surface area contributed by atoms with Gasteiger partial charge in [-0.25, -0.2) is 4.39 Å². The van der Waals surface area contributed by atoms with Gasteiger partial charge in [-0.2, -0.15) is 0 Å². The molecule has 2 fully saturated rings. The second-order valence-corrected chi connectivity index (χ2v) is 9.59. The highest BCUT2D eigenvalue weighted by atomic mass is 19.1. The van der Waals surface area contributed by atoms with E-state index < -0.39 is 0 Å². The fourth-order valence-electron chi connectivity index (χ4n) is 5.57. The highest BCUT2D eigenvalue weighted by Gasteiger charge is 2.46. The van der Waals surface area contributed by atoms with Crippen molar-refractivity contribution in [3.8, 4) is 11.5 Å². The molecule has 0 radical (unpaired) electrons. The van der Waals surface area contributed by atoms with Crippen LogP contribution in [0.5, 0.6) is 11.5 Å². The molecule has 2 saturated heterocycles. The Bertz CT molecular complexity index is 987. The molecule has 0 saturated carbocycles. The molecule has 1 unspecified atom stereocenters. The van der Waals surface area contributed by atoms with Crippen molar-refractivity contribution in [1.29, 1.82) is 0 Å². The number of nitrogens with zero attached hydrogens (tertiary/aromatic N) is 2. The lowest BCUT2D eigenvalue weighted by Gasteiger charge is -2.45. The van der Waals surface area contributed by atoms with Crippen molar-refractivity contribution >= 4 is 5.91 Å². The van der Waals surface area contributed by atoms with Gasteiger partial charge in [0.1, 0.15) is 5.82 Å². The quantitative estimate of drug-likeness (QED) is 0.671. The lowest BCUT2D eigenvalue weighted by molar-refractivity contribution is -0.133. The van der Waals surface area contributed by atoms with E-state index in [0.717, 1.165) is 56.8 Å². The monoisotopic (exact) mass is 438 g/mol. The smallest absolute Gasteiger partial charge is 0.231 e. The van der Waals surface area contributed by atoms with E-state index in [1.54, 1.807) is 12.1 Å². The molecule has 2 aromatic carbocycles. The number of rotatable bonds is 6. The molecule has 1 atom stereocenters. The summed E-state index contributed by atoms with van der Waals surface area (Å²) in [6, 6.07) is 13.0. The number of piperidine rings is 1. The Hall–Kier alpha value is -2.60. The maximum Gasteiger partial charge on any atom is 0.231 e. The summed E-state index contributed by atoms with van der Waals surface area (Å²) in [7, 11) is 0. The van der Waals surface area contributed by atoms with Crippen LogP contribution >= 0.6 is 0 Å². The summed E-state index contributed by atoms with van der Waals surface area (Å²) >= 11 is 0. The van der Waals surface area contributed by atoms with Crippen LogP contribution in [0.4, 0.5) is 4.39 Å². The molecule has 1 spiro atoms. The van der Waals surface area contributed by atoms with Gasteiger partial charge in [0, 0.05) is 43.7 Å². The number of benzene rings is 2. The van der Waals surface area contributed by atoms with Crippen LogP contribution in [0, 0.1) is 11.7 Å². The molecule has 0 aromatic heterocycles. The summed E-state index contributed by atoms with van der Waals surface area (Å²) in [5.74, 6) is 2.13. The molecule has 32 heavy (non-hydrogen) atoms. The van der Waals surface area contributed by atoms with Gasteiger partial charge in [-0.3, -0.25) is 4.79 Å². The van der Waals surface area contributed by atoms with Crippen molar-refractivity contribution in [1.82, 2.24) is 9.80 Å². The number of carbonyl (C=O) groups excluding carboxylic acids is 1. The Morgan fingerprint density at radius 1 is 1.06 bits per heavy atom. The minimum atomic E-state index is -0.225. The van der Waals surface area contributed by atoms with Crippen LogP contribution in [0.3, 0.4) is 0 Å². The first-order valence-electron chi connectivity index (χ1n) is 11.7. The molecule has 0 bridgehead atoms. The van der Waals surface area contributed by atoms with Crippen molar-refractivity contribution in [2.45, 2.75) is 51.1 Å². The highest BCUT2D eigenvalue weighted by Crippen LogP contribution is 2.40. The molecule has 5 nitrogen and oxygen atoms in total. The highest BCUT2D eigenvalue weighted by molar-refractivity contribution is 5.79. The third-order valence-corrected chi connectivity index (χ3v) is 7.34. The van der Waals surface area contributed by atoms with Crippen LogP contribution in [0.1, 0.15) is 43.7 Å². The van der Waals surface area contributed by atoms with Gasteiger partial charge < -0.3 is 19.3 Å². The molecule has 1 amide bonds. The SMILES string of the molecule is CC(Cc1ccc2c(c1)OCO2)CN1CCC2(CCC(=O)N2Cc2ccccc2F)CC1. The van der Waals surface area contributed by atoms with E-state index >= 15 is 0 Å². The molecule has 170 valence electrons. The molecule has 3 heterocycles. The fourth-order valence-corrected chi connectivity index (χ4v) is 5.57. The lowest BCUT2D eigenvalue weighted by Crippen LogP contribution is -2.53. The molecule has 0 aliphatic carbocycles. The van der Waals surface area contributed by atoms with Crippen LogP contribution < -0.4 is 9.47 Å². The second-order valence-electron chi connectivity index (χ2n) is 9.59. The van der Waals surface area contributed by atoms with E-state index in [-0.39, 0.29) is 17.3 Å². The Balaban J connectivity index is 1.17. The van der Waals surface area contributed by atoms with Gasteiger partial charge in [0.15, 0.2) is 11.5 Å². The number of carbonyl (C=O) groups is 1. The number of hydrogen-bond donors (Lipinski definition) is 0. The maximum atomic E-state index is 14.2. The van der Waals surface area contributed by atoms with E-state index in [2.05, 4.69) is 24.0 Å². The van der Waals surface area contributed by atoms with Gasteiger partial charge in [0.2, 0.25) is 12.7 Å². The van der Waals surface area contributed by atoms with Crippen molar-refractivity contribution < 1.29 is 18.7 Å². The summed E-state index contributed by atoms with van der Waals surface area (Å²) in [4.78, 5) is 17.2. The molecule has 0 N–H and O–H groups in total. The number of amides is 1. The molecule has 3 aliphatic rings. The molecule has 6 heteroatoms. The number of likely N-dealkylation sites (tertiary alicyclic amines) is 2. The zero-order valence-electron chi connectivity index (χ0n) is 18.7. The first kappa shape index (κ1) is 21.3. The van der Waals surface area contributed by atoms with E-state index in [1.165, 1.54) is 11.6 Å². The minimum Gasteiger partial charge on any atom is -0.454 e. The molecule has 2 aromatic rings. The Kier molecular flexibility index (Phi) is 5.80. The first-order valence-corrected chi connectivity index (χ1v) is 11.7. The fraction of sp³-hybridized carbons (Fsp3) is 0.500. The van der Waals surface area contributed by atoms with Crippen LogP contribution in [-0.2, 0) is 17.8 Å². The average Bonchev–Trinajstić information content (AvgIpc) is 3.37. The summed E-state index contributed by atoms with van der Waals surface area (Å²) in [6.45, 7) is 5.97. The van der Waals surface area contributed by atoms with Gasteiger partial charge in [-0.15, -0.1) is 0 Å². The van der Waals surface area contributed by atoms with Crippen molar-refractivity contribution in [3.63, 3.8) is 0 Å². The van der Waals surface area contributed by atoms with Crippen LogP contribution in [0.25, 0.3) is 0 Å². The Labute approximate surface area is 189 Å². The first-order chi connectivity index (χ1) is 15.5. The van der Waals surface area contributed by atoms with Gasteiger partial charge >= 0.3 is 0 Å². The molecular weight excluding hydrogens is 407 g/mol. The van der Waals surface area contributed by atoms with Gasteiger partial charge in [-0.05, 0) is 55.4 Å². The predicted molar refractivity (Wildman–Crippen MR) is 120 cm³/mol. The van der Waals surface area contributed by atoms with E-state index in [9.17, 15) is 9.18 Å². The third-order valence-electron chi connectivity index (χ3n) is 7.34. The van der Waals surface area contributed by atoms with Crippen LogP contribution in [-0.4, -0.2) is 47.7 Å². The third kappa shape index (κ3) is 4.20. The van der Waals surface area contributed by atoms with Crippen LogP contribution in [0.15, 0.2) is 42.5 Å². The van der Waals surface area contributed by atoms with Gasteiger partial charge in [-0.1, -0.05) is 31.2 Å². The second kappa shape index (κ2) is 8.74. The predicted octanol–water partition coefficient (Wildman–Crippen LogP) is 4.39. The summed E-state index contributed by atoms with van der Waals surface area (Å²) in [6.07, 6.45) is 4.39. The largest absolute Gasteiger partial charge is 0.454 e. The van der Waals surface area contributed by atoms with Crippen molar-refractivity contribution in [3.05, 3.63) is 59.4 Å². The summed E-state index contributed by atoms with van der Waals surface area (Å²) in [5, 5.41) is 0. The molecule has 5 rings (SSSR count). The normalized spacial score (nSPS) is 20.8. The van der Waals surface area contributed by atoms with Crippen LogP contribution in [0.2, 0.25) is 0 Å². The van der Waals surface area contributed by atoms with E-state index in [4.69, 9.17) is 9.47 Å². The van der Waals surface area contributed by atoms with E-state index in [1.807, 2.05) is 17.0 Å². The standard InChI is InChI=1S/C26H31FN2O3/c1-19(14-20-6-7-23-24(15-20)32-18-31-23)16-28-12-10-26(11-13-28)9-8-25(30)29(26)17-21-4-2-3-5-22(21)27/h2-7,15,19H,8-14,16-18H2,1H3. The summed E-state index contributed by atoms with van der Waals surface area (Å²) in [5.41, 5.74) is 1.77. The minimum absolute atomic E-state index is 0.115. The zero-order valence-corrected chi connectivity index (χ0v) is 18.7. The number of fused-ring (bicyclic) bond motifs is 1. The summed E-state index contributed by atoms with van der Waals surface area (Å²) < 4.78 is 25.1. The molecular formula is C26H31FN2O3. The maximum absolute atomic E-state index is 14.2. The van der Waals surface area contributed by atoms with Crippen molar-refractivity contribution in [2.75, 3.05) is 26.4 Å². The van der Waals surface area contributed by atoms with E-state index in [0.29, 0.717) is 31.2 Å². The van der Waals surface area contributed by atoms with Gasteiger partial charge in [0.05, 0.1) is 0 Å². The Morgan fingerprint density at radius 2 is 1.84 bits per heavy atom.